The zero-order valence-corrected chi connectivity index (χ0v) is 24.2. The van der Waals surface area contributed by atoms with Gasteiger partial charge < -0.3 is 15.0 Å². The van der Waals surface area contributed by atoms with E-state index in [-0.39, 0.29) is 54.5 Å². The average molecular weight is 573 g/mol. The van der Waals surface area contributed by atoms with Crippen molar-refractivity contribution in [1.29, 1.82) is 0 Å². The van der Waals surface area contributed by atoms with Gasteiger partial charge in [-0.3, -0.25) is 13.9 Å². The van der Waals surface area contributed by atoms with Crippen molar-refractivity contribution in [2.45, 2.75) is 58.7 Å². The summed E-state index contributed by atoms with van der Waals surface area (Å²) in [6.07, 6.45) is 2.07. The van der Waals surface area contributed by atoms with Gasteiger partial charge in [0.2, 0.25) is 21.8 Å². The number of nitrogens with one attached hydrogen (secondary N) is 1. The van der Waals surface area contributed by atoms with Crippen LogP contribution in [0.1, 0.15) is 45.6 Å². The zero-order valence-electron chi connectivity index (χ0n) is 21.8. The first-order valence-electron chi connectivity index (χ1n) is 12.0. The molecule has 0 unspecified atom stereocenters. The predicted molar refractivity (Wildman–Crippen MR) is 149 cm³/mol. The number of rotatable bonds is 13. The van der Waals surface area contributed by atoms with Crippen molar-refractivity contribution < 1.29 is 22.7 Å². The maximum atomic E-state index is 13.4. The van der Waals surface area contributed by atoms with Crippen LogP contribution >= 0.6 is 23.2 Å². The number of hydrogen-bond acceptors (Lipinski definition) is 5. The number of ether oxygens (including phenoxy) is 1. The lowest BCUT2D eigenvalue weighted by Gasteiger charge is -2.30. The Kier molecular flexibility index (Phi) is 11.5. The van der Waals surface area contributed by atoms with Crippen LogP contribution in [0, 0.1) is 0 Å². The molecule has 0 fully saturated rings. The summed E-state index contributed by atoms with van der Waals surface area (Å²) < 4.78 is 31.4. The van der Waals surface area contributed by atoms with Crippen LogP contribution in [-0.4, -0.2) is 57.1 Å². The molecular weight excluding hydrogens is 537 g/mol. The van der Waals surface area contributed by atoms with Gasteiger partial charge in [0, 0.05) is 30.6 Å². The summed E-state index contributed by atoms with van der Waals surface area (Å²) in [5, 5.41) is 3.50. The van der Waals surface area contributed by atoms with E-state index in [1.807, 2.05) is 32.0 Å². The Bertz CT molecular complexity index is 1190. The lowest BCUT2D eigenvalue weighted by molar-refractivity contribution is -0.140. The fourth-order valence-corrected chi connectivity index (χ4v) is 5.08. The standard InChI is InChI=1S/C26H35Cl2N3O5S/c1-6-18(2)29-26(33)19(3)30(17-20-9-7-10-22(15-20)36-4)25(32)11-8-14-31(37(5,34)35)24-16-21(27)12-13-23(24)28/h7,9-10,12-13,15-16,18-19H,6,8,11,14,17H2,1-5H3,(H,29,33)/t18-,19-/m0/s1. The molecule has 0 saturated carbocycles. The normalized spacial score (nSPS) is 12.9. The Morgan fingerprint density at radius 2 is 1.81 bits per heavy atom. The molecule has 37 heavy (non-hydrogen) atoms. The SMILES string of the molecule is CC[C@H](C)NC(=O)[C@H](C)N(Cc1cccc(OC)c1)C(=O)CCCN(c1cc(Cl)ccc1Cl)S(C)(=O)=O. The van der Waals surface area contributed by atoms with E-state index in [0.717, 1.165) is 22.5 Å². The third-order valence-electron chi connectivity index (χ3n) is 5.98. The second-order valence-corrected chi connectivity index (χ2v) is 11.7. The number of amides is 2. The van der Waals surface area contributed by atoms with E-state index >= 15 is 0 Å². The van der Waals surface area contributed by atoms with Crippen molar-refractivity contribution in [3.05, 3.63) is 58.1 Å². The first kappa shape index (κ1) is 30.7. The first-order valence-corrected chi connectivity index (χ1v) is 14.6. The summed E-state index contributed by atoms with van der Waals surface area (Å²) in [5.41, 5.74) is 1.05. The Morgan fingerprint density at radius 3 is 2.43 bits per heavy atom. The highest BCUT2D eigenvalue weighted by Gasteiger charge is 2.27. The van der Waals surface area contributed by atoms with Gasteiger partial charge in [-0.1, -0.05) is 42.3 Å². The average Bonchev–Trinajstić information content (AvgIpc) is 2.85. The molecule has 2 amide bonds. The lowest BCUT2D eigenvalue weighted by atomic mass is 10.1. The molecule has 1 N–H and O–H groups in total. The molecule has 0 radical (unpaired) electrons. The Labute approximate surface area is 229 Å². The van der Waals surface area contributed by atoms with Crippen molar-refractivity contribution >= 4 is 50.7 Å². The van der Waals surface area contributed by atoms with Crippen molar-refractivity contribution in [2.24, 2.45) is 0 Å². The number of halogens is 2. The minimum Gasteiger partial charge on any atom is -0.497 e. The number of sulfonamides is 1. The highest BCUT2D eigenvalue weighted by Crippen LogP contribution is 2.31. The summed E-state index contributed by atoms with van der Waals surface area (Å²) in [4.78, 5) is 27.8. The highest BCUT2D eigenvalue weighted by molar-refractivity contribution is 7.92. The monoisotopic (exact) mass is 571 g/mol. The van der Waals surface area contributed by atoms with Gasteiger partial charge in [0.05, 0.1) is 24.1 Å². The first-order chi connectivity index (χ1) is 17.4. The Morgan fingerprint density at radius 1 is 1.11 bits per heavy atom. The van der Waals surface area contributed by atoms with Gasteiger partial charge in [-0.05, 0) is 62.6 Å². The van der Waals surface area contributed by atoms with Crippen molar-refractivity contribution in [3.63, 3.8) is 0 Å². The molecule has 2 atom stereocenters. The van der Waals surface area contributed by atoms with Crippen LogP contribution in [0.4, 0.5) is 5.69 Å². The summed E-state index contributed by atoms with van der Waals surface area (Å²) in [6, 6.07) is 11.1. The molecule has 0 saturated heterocycles. The molecule has 0 aliphatic heterocycles. The molecule has 0 bridgehead atoms. The quantitative estimate of drug-likeness (QED) is 0.369. The topological polar surface area (TPSA) is 96.0 Å². The molecule has 2 aromatic carbocycles. The lowest BCUT2D eigenvalue weighted by Crippen LogP contribution is -2.49. The van der Waals surface area contributed by atoms with Gasteiger partial charge in [0.1, 0.15) is 11.8 Å². The van der Waals surface area contributed by atoms with Crippen LogP contribution in [0.5, 0.6) is 5.75 Å². The van der Waals surface area contributed by atoms with Gasteiger partial charge >= 0.3 is 0 Å². The van der Waals surface area contributed by atoms with Crippen LogP contribution in [0.15, 0.2) is 42.5 Å². The van der Waals surface area contributed by atoms with Gasteiger partial charge in [-0.2, -0.15) is 0 Å². The maximum absolute atomic E-state index is 13.4. The highest BCUT2D eigenvalue weighted by atomic mass is 35.5. The fraction of sp³-hybridized carbons (Fsp3) is 0.462. The molecule has 204 valence electrons. The number of carbonyl (C=O) groups excluding carboxylic acids is 2. The minimum absolute atomic E-state index is 0.0189. The molecule has 0 aliphatic rings. The van der Waals surface area contributed by atoms with Crippen molar-refractivity contribution in [1.82, 2.24) is 10.2 Å². The Balaban J connectivity index is 2.23. The predicted octanol–water partition coefficient (Wildman–Crippen LogP) is 4.88. The van der Waals surface area contributed by atoms with E-state index in [1.54, 1.807) is 26.2 Å². The molecule has 0 spiro atoms. The maximum Gasteiger partial charge on any atom is 0.242 e. The molecule has 0 heterocycles. The number of methoxy groups -OCH3 is 1. The van der Waals surface area contributed by atoms with Crippen molar-refractivity contribution in [3.8, 4) is 5.75 Å². The third-order valence-corrected chi connectivity index (χ3v) is 7.72. The van der Waals surface area contributed by atoms with Gasteiger partial charge in [-0.15, -0.1) is 0 Å². The van der Waals surface area contributed by atoms with Gasteiger partial charge in [0.25, 0.3) is 0 Å². The zero-order chi connectivity index (χ0) is 27.8. The second-order valence-electron chi connectivity index (χ2n) is 8.90. The Hall–Kier alpha value is -2.49. The molecule has 0 aliphatic carbocycles. The van der Waals surface area contributed by atoms with Crippen molar-refractivity contribution in [2.75, 3.05) is 24.2 Å². The van der Waals surface area contributed by atoms with E-state index in [4.69, 9.17) is 27.9 Å². The fourth-order valence-electron chi connectivity index (χ4n) is 3.68. The number of benzene rings is 2. The van der Waals surface area contributed by atoms with Gasteiger partial charge in [0.15, 0.2) is 0 Å². The molecule has 2 rings (SSSR count). The number of nitrogens with zero attached hydrogens (tertiary/aromatic N) is 2. The summed E-state index contributed by atoms with van der Waals surface area (Å²) >= 11 is 12.3. The van der Waals surface area contributed by atoms with E-state index in [0.29, 0.717) is 10.8 Å². The molecule has 8 nitrogen and oxygen atoms in total. The largest absolute Gasteiger partial charge is 0.497 e. The van der Waals surface area contributed by atoms with Crippen LogP contribution in [0.3, 0.4) is 0 Å². The molecule has 0 aromatic heterocycles. The second kappa shape index (κ2) is 13.9. The van der Waals surface area contributed by atoms with E-state index < -0.39 is 16.1 Å². The van der Waals surface area contributed by atoms with Crippen LogP contribution < -0.4 is 14.4 Å². The van der Waals surface area contributed by atoms with Gasteiger partial charge in [-0.25, -0.2) is 8.42 Å². The van der Waals surface area contributed by atoms with Crippen LogP contribution in [-0.2, 0) is 26.2 Å². The van der Waals surface area contributed by atoms with E-state index in [2.05, 4.69) is 5.32 Å². The van der Waals surface area contributed by atoms with Crippen LogP contribution in [0.25, 0.3) is 0 Å². The minimum atomic E-state index is -3.69. The summed E-state index contributed by atoms with van der Waals surface area (Å²) in [6.45, 7) is 5.77. The summed E-state index contributed by atoms with van der Waals surface area (Å²) in [5.74, 6) is 0.109. The van der Waals surface area contributed by atoms with E-state index in [9.17, 15) is 18.0 Å². The van der Waals surface area contributed by atoms with Crippen LogP contribution in [0.2, 0.25) is 10.0 Å². The smallest absolute Gasteiger partial charge is 0.242 e. The molecular formula is C26H35Cl2N3O5S. The molecule has 11 heteroatoms. The third kappa shape index (κ3) is 9.09. The number of anilines is 1. The summed E-state index contributed by atoms with van der Waals surface area (Å²) in [7, 11) is -2.13. The number of carbonyl (C=O) groups is 2. The van der Waals surface area contributed by atoms with E-state index in [1.165, 1.54) is 17.0 Å². The molecule has 2 aromatic rings. The number of hydrogen-bond donors (Lipinski definition) is 1.